The Hall–Kier alpha value is -2.14. The van der Waals surface area contributed by atoms with Gasteiger partial charge in [-0.3, -0.25) is 0 Å². The number of hydrogen-bond acceptors (Lipinski definition) is 2. The average molecular weight is 298 g/mol. The molecule has 3 nitrogen and oxygen atoms in total. The third kappa shape index (κ3) is 3.05. The van der Waals surface area contributed by atoms with E-state index in [9.17, 15) is 13.6 Å². The minimum absolute atomic E-state index is 0.0390. The van der Waals surface area contributed by atoms with Gasteiger partial charge in [-0.05, 0) is 30.3 Å². The Balaban J connectivity index is 2.23. The van der Waals surface area contributed by atoms with Crippen molar-refractivity contribution < 1.29 is 18.7 Å². The fourth-order valence-electron chi connectivity index (χ4n) is 1.69. The summed E-state index contributed by atoms with van der Waals surface area (Å²) in [7, 11) is 0. The number of aromatic carboxylic acids is 1. The van der Waals surface area contributed by atoms with Crippen molar-refractivity contribution in [2.75, 3.05) is 5.32 Å². The highest BCUT2D eigenvalue weighted by Crippen LogP contribution is 2.25. The fraction of sp³-hybridized carbons (Fsp3) is 0.0714. The Morgan fingerprint density at radius 1 is 1.20 bits per heavy atom. The predicted molar refractivity (Wildman–Crippen MR) is 72.1 cm³/mol. The standard InChI is InChI=1S/C14H10ClF2NO2/c15-10-2-1-3-12(17)13(10)18-7-9-6-8(14(19)20)4-5-11(9)16/h1-6,18H,7H2,(H,19,20). The lowest BCUT2D eigenvalue weighted by Crippen LogP contribution is -2.06. The maximum atomic E-state index is 13.6. The molecule has 0 bridgehead atoms. The van der Waals surface area contributed by atoms with Crippen molar-refractivity contribution in [2.45, 2.75) is 6.54 Å². The van der Waals surface area contributed by atoms with E-state index in [0.717, 1.165) is 12.1 Å². The molecule has 104 valence electrons. The van der Waals surface area contributed by atoms with Crippen molar-refractivity contribution in [1.82, 2.24) is 0 Å². The topological polar surface area (TPSA) is 49.3 Å². The van der Waals surface area contributed by atoms with E-state index >= 15 is 0 Å². The molecule has 0 saturated heterocycles. The van der Waals surface area contributed by atoms with Crippen LogP contribution in [0.25, 0.3) is 0 Å². The van der Waals surface area contributed by atoms with Crippen molar-refractivity contribution in [3.63, 3.8) is 0 Å². The van der Waals surface area contributed by atoms with Gasteiger partial charge < -0.3 is 10.4 Å². The van der Waals surface area contributed by atoms with Crippen LogP contribution in [0, 0.1) is 11.6 Å². The highest BCUT2D eigenvalue weighted by atomic mass is 35.5. The Morgan fingerprint density at radius 2 is 1.95 bits per heavy atom. The van der Waals surface area contributed by atoms with Crippen LogP contribution in [0.1, 0.15) is 15.9 Å². The van der Waals surface area contributed by atoms with E-state index in [2.05, 4.69) is 5.32 Å². The molecule has 2 aromatic carbocycles. The van der Waals surface area contributed by atoms with Gasteiger partial charge in [0.2, 0.25) is 0 Å². The van der Waals surface area contributed by atoms with Crippen molar-refractivity contribution in [2.24, 2.45) is 0 Å². The van der Waals surface area contributed by atoms with Crippen molar-refractivity contribution in [3.8, 4) is 0 Å². The van der Waals surface area contributed by atoms with Crippen molar-refractivity contribution >= 4 is 23.3 Å². The van der Waals surface area contributed by atoms with Gasteiger partial charge in [-0.2, -0.15) is 0 Å². The van der Waals surface area contributed by atoms with Crippen LogP contribution in [-0.2, 0) is 6.54 Å². The van der Waals surface area contributed by atoms with E-state index in [1.807, 2.05) is 0 Å². The molecule has 0 spiro atoms. The molecule has 0 amide bonds. The first-order chi connectivity index (χ1) is 9.49. The molecule has 0 atom stereocenters. The van der Waals surface area contributed by atoms with Gasteiger partial charge in [0.05, 0.1) is 16.3 Å². The average Bonchev–Trinajstić information content (AvgIpc) is 2.39. The van der Waals surface area contributed by atoms with E-state index in [1.165, 1.54) is 24.3 Å². The van der Waals surface area contributed by atoms with Crippen LogP contribution < -0.4 is 5.32 Å². The van der Waals surface area contributed by atoms with Gasteiger partial charge in [0.1, 0.15) is 11.6 Å². The third-order valence-electron chi connectivity index (χ3n) is 2.71. The molecule has 0 aliphatic rings. The minimum atomic E-state index is -1.16. The lowest BCUT2D eigenvalue weighted by molar-refractivity contribution is 0.0696. The van der Waals surface area contributed by atoms with E-state index in [0.29, 0.717) is 0 Å². The number of anilines is 1. The fourth-order valence-corrected chi connectivity index (χ4v) is 1.92. The summed E-state index contributed by atoms with van der Waals surface area (Å²) in [6.45, 7) is -0.0758. The number of para-hydroxylation sites is 1. The normalized spacial score (nSPS) is 10.3. The van der Waals surface area contributed by atoms with Gasteiger partial charge in [-0.15, -0.1) is 0 Å². The Morgan fingerprint density at radius 3 is 2.60 bits per heavy atom. The third-order valence-corrected chi connectivity index (χ3v) is 3.03. The largest absolute Gasteiger partial charge is 0.478 e. The molecule has 0 saturated carbocycles. The predicted octanol–water partition coefficient (Wildman–Crippen LogP) is 3.93. The number of halogens is 3. The van der Waals surface area contributed by atoms with Crippen LogP contribution in [0.2, 0.25) is 5.02 Å². The summed E-state index contributed by atoms with van der Waals surface area (Å²) < 4.78 is 27.1. The van der Waals surface area contributed by atoms with Crippen LogP contribution in [0.4, 0.5) is 14.5 Å². The van der Waals surface area contributed by atoms with Gasteiger partial charge in [-0.1, -0.05) is 17.7 Å². The monoisotopic (exact) mass is 297 g/mol. The Labute approximate surface area is 118 Å². The zero-order valence-electron chi connectivity index (χ0n) is 10.2. The number of hydrogen-bond donors (Lipinski definition) is 2. The number of benzene rings is 2. The van der Waals surface area contributed by atoms with E-state index in [1.54, 1.807) is 0 Å². The second-order valence-corrected chi connectivity index (χ2v) is 4.47. The van der Waals surface area contributed by atoms with Gasteiger partial charge in [0.15, 0.2) is 0 Å². The molecule has 2 N–H and O–H groups in total. The van der Waals surface area contributed by atoms with Crippen molar-refractivity contribution in [1.29, 1.82) is 0 Å². The molecule has 6 heteroatoms. The van der Waals surface area contributed by atoms with Crippen LogP contribution in [0.3, 0.4) is 0 Å². The summed E-state index contributed by atoms with van der Waals surface area (Å²) in [4.78, 5) is 10.8. The summed E-state index contributed by atoms with van der Waals surface area (Å²) >= 11 is 5.83. The van der Waals surface area contributed by atoms with Gasteiger partial charge in [0, 0.05) is 12.1 Å². The molecule has 0 aromatic heterocycles. The maximum Gasteiger partial charge on any atom is 0.335 e. The maximum absolute atomic E-state index is 13.6. The summed E-state index contributed by atoms with van der Waals surface area (Å²) in [6.07, 6.45) is 0. The molecule has 0 radical (unpaired) electrons. The molecule has 0 aliphatic carbocycles. The summed E-state index contributed by atoms with van der Waals surface area (Å²) in [6, 6.07) is 7.59. The number of carboxylic acid groups (broad SMARTS) is 1. The van der Waals surface area contributed by atoms with E-state index in [4.69, 9.17) is 16.7 Å². The van der Waals surface area contributed by atoms with Crippen LogP contribution in [-0.4, -0.2) is 11.1 Å². The molecule has 0 fully saturated rings. The van der Waals surface area contributed by atoms with Gasteiger partial charge in [-0.25, -0.2) is 13.6 Å². The van der Waals surface area contributed by atoms with Crippen molar-refractivity contribution in [3.05, 3.63) is 64.2 Å². The second-order valence-electron chi connectivity index (χ2n) is 4.06. The molecule has 20 heavy (non-hydrogen) atoms. The number of rotatable bonds is 4. The Kier molecular flexibility index (Phi) is 4.20. The smallest absolute Gasteiger partial charge is 0.335 e. The Bertz CT molecular complexity index is 641. The highest BCUT2D eigenvalue weighted by molar-refractivity contribution is 6.33. The van der Waals surface area contributed by atoms with Gasteiger partial charge in [0.25, 0.3) is 0 Å². The van der Waals surface area contributed by atoms with E-state index < -0.39 is 17.6 Å². The zero-order chi connectivity index (χ0) is 14.7. The first-order valence-electron chi connectivity index (χ1n) is 5.68. The molecule has 0 heterocycles. The summed E-state index contributed by atoms with van der Waals surface area (Å²) in [5, 5.41) is 11.7. The summed E-state index contributed by atoms with van der Waals surface area (Å²) in [5.74, 6) is -2.29. The highest BCUT2D eigenvalue weighted by Gasteiger charge is 2.10. The SMILES string of the molecule is O=C(O)c1ccc(F)c(CNc2c(F)cccc2Cl)c1. The van der Waals surface area contributed by atoms with E-state index in [-0.39, 0.29) is 28.4 Å². The molecule has 2 rings (SSSR count). The number of carboxylic acids is 1. The number of nitrogens with one attached hydrogen (secondary N) is 1. The first kappa shape index (κ1) is 14.3. The lowest BCUT2D eigenvalue weighted by atomic mass is 10.1. The molecule has 0 aliphatic heterocycles. The van der Waals surface area contributed by atoms with Crippen LogP contribution in [0.5, 0.6) is 0 Å². The second kappa shape index (κ2) is 5.88. The molecular weight excluding hydrogens is 288 g/mol. The quantitative estimate of drug-likeness (QED) is 0.899. The lowest BCUT2D eigenvalue weighted by Gasteiger charge is -2.10. The minimum Gasteiger partial charge on any atom is -0.478 e. The van der Waals surface area contributed by atoms with Crippen LogP contribution >= 0.6 is 11.6 Å². The first-order valence-corrected chi connectivity index (χ1v) is 6.06. The molecule has 0 unspecified atom stereocenters. The number of carbonyl (C=O) groups is 1. The molecule has 2 aromatic rings. The van der Waals surface area contributed by atoms with Crippen LogP contribution in [0.15, 0.2) is 36.4 Å². The molecular formula is C14H10ClF2NO2. The van der Waals surface area contributed by atoms with Gasteiger partial charge >= 0.3 is 5.97 Å². The summed E-state index contributed by atoms with van der Waals surface area (Å²) in [5.41, 5.74) is 0.126. The zero-order valence-corrected chi connectivity index (χ0v) is 10.9.